The number of nitrogens with one attached hydrogen (secondary N) is 1. The van der Waals surface area contributed by atoms with Crippen LogP contribution < -0.4 is 4.57 Å². The summed E-state index contributed by atoms with van der Waals surface area (Å²) in [6.07, 6.45) is 42.9. The standard InChI is InChI=1S/C36H70N2/c1-5-8-10-12-14-16-18-20-22-24-26-28-30-34(4)38-33-32-37-36(38)35(7-3)31-29-27-25-23-21-19-17-15-13-11-9-6-2/h32-35H,5-31H2,1-4H3/p+1. The normalized spacial score (nSPS) is 13.3. The summed E-state index contributed by atoms with van der Waals surface area (Å²) in [7, 11) is 0. The van der Waals surface area contributed by atoms with E-state index in [4.69, 9.17) is 0 Å². The zero-order valence-corrected chi connectivity index (χ0v) is 26.8. The van der Waals surface area contributed by atoms with Gasteiger partial charge in [0.15, 0.2) is 0 Å². The molecule has 0 spiro atoms. The molecule has 1 heterocycles. The van der Waals surface area contributed by atoms with E-state index in [9.17, 15) is 0 Å². The van der Waals surface area contributed by atoms with E-state index in [0.717, 1.165) is 0 Å². The molecule has 0 aliphatic rings. The molecule has 1 aromatic rings. The van der Waals surface area contributed by atoms with Gasteiger partial charge < -0.3 is 0 Å². The summed E-state index contributed by atoms with van der Waals surface area (Å²) in [5.74, 6) is 2.18. The molecule has 38 heavy (non-hydrogen) atoms. The minimum absolute atomic E-state index is 0.621. The molecule has 1 aromatic heterocycles. The smallest absolute Gasteiger partial charge is 0.247 e. The zero-order valence-electron chi connectivity index (χ0n) is 26.8. The average Bonchev–Trinajstić information content (AvgIpc) is 3.42. The van der Waals surface area contributed by atoms with E-state index in [0.29, 0.717) is 12.0 Å². The summed E-state index contributed by atoms with van der Waals surface area (Å²) < 4.78 is 2.58. The number of hydrogen-bond acceptors (Lipinski definition) is 0. The first-order valence-electron chi connectivity index (χ1n) is 17.8. The molecule has 0 saturated carbocycles. The van der Waals surface area contributed by atoms with Crippen molar-refractivity contribution in [1.29, 1.82) is 0 Å². The maximum Gasteiger partial charge on any atom is 0.257 e. The third kappa shape index (κ3) is 18.5. The van der Waals surface area contributed by atoms with Crippen molar-refractivity contribution in [3.8, 4) is 0 Å². The molecule has 224 valence electrons. The molecule has 1 rings (SSSR count). The highest BCUT2D eigenvalue weighted by Crippen LogP contribution is 2.24. The Morgan fingerprint density at radius 3 is 1.29 bits per heavy atom. The second-order valence-corrected chi connectivity index (χ2v) is 12.6. The van der Waals surface area contributed by atoms with Crippen LogP contribution in [0.1, 0.15) is 219 Å². The van der Waals surface area contributed by atoms with Gasteiger partial charge in [-0.15, -0.1) is 0 Å². The lowest BCUT2D eigenvalue weighted by Crippen LogP contribution is -2.41. The number of imidazole rings is 1. The van der Waals surface area contributed by atoms with Gasteiger partial charge in [0.25, 0.3) is 5.82 Å². The predicted octanol–water partition coefficient (Wildman–Crippen LogP) is 12.5. The molecule has 2 unspecified atom stereocenters. The first-order chi connectivity index (χ1) is 18.7. The highest BCUT2D eigenvalue weighted by Gasteiger charge is 2.24. The van der Waals surface area contributed by atoms with Crippen LogP contribution in [0.3, 0.4) is 0 Å². The van der Waals surface area contributed by atoms with E-state index in [1.807, 2.05) is 0 Å². The zero-order chi connectivity index (χ0) is 27.5. The van der Waals surface area contributed by atoms with E-state index in [1.165, 1.54) is 179 Å². The highest BCUT2D eigenvalue weighted by molar-refractivity contribution is 4.89. The van der Waals surface area contributed by atoms with Crippen LogP contribution in [0, 0.1) is 0 Å². The van der Waals surface area contributed by atoms with E-state index < -0.39 is 0 Å². The van der Waals surface area contributed by atoms with Crippen LogP contribution in [0.5, 0.6) is 0 Å². The van der Waals surface area contributed by atoms with Crippen LogP contribution in [0.15, 0.2) is 12.4 Å². The molecule has 0 aliphatic heterocycles. The maximum absolute atomic E-state index is 3.64. The van der Waals surface area contributed by atoms with Crippen molar-refractivity contribution in [2.45, 2.75) is 213 Å². The van der Waals surface area contributed by atoms with Gasteiger partial charge in [-0.25, -0.2) is 9.55 Å². The second-order valence-electron chi connectivity index (χ2n) is 12.6. The fraction of sp³-hybridized carbons (Fsp3) is 0.917. The molecule has 1 N–H and O–H groups in total. The third-order valence-corrected chi connectivity index (χ3v) is 8.98. The lowest BCUT2D eigenvalue weighted by molar-refractivity contribution is -0.727. The van der Waals surface area contributed by atoms with Gasteiger partial charge in [-0.2, -0.15) is 0 Å². The summed E-state index contributed by atoms with van der Waals surface area (Å²) in [6.45, 7) is 9.43. The molecular formula is C36H71N2+. The summed E-state index contributed by atoms with van der Waals surface area (Å²) >= 11 is 0. The molecule has 0 saturated heterocycles. The Kier molecular flexibility index (Phi) is 24.5. The number of nitrogens with zero attached hydrogens (tertiary/aromatic N) is 1. The number of aromatic nitrogens is 2. The van der Waals surface area contributed by atoms with Gasteiger partial charge in [-0.3, -0.25) is 0 Å². The molecule has 0 fully saturated rings. The van der Waals surface area contributed by atoms with Crippen molar-refractivity contribution in [1.82, 2.24) is 4.98 Å². The number of H-pyrrole nitrogens is 1. The Morgan fingerprint density at radius 1 is 0.526 bits per heavy atom. The van der Waals surface area contributed by atoms with Crippen LogP contribution in [-0.4, -0.2) is 4.98 Å². The van der Waals surface area contributed by atoms with Crippen molar-refractivity contribution in [3.05, 3.63) is 18.2 Å². The third-order valence-electron chi connectivity index (χ3n) is 8.98. The highest BCUT2D eigenvalue weighted by atomic mass is 15.1. The fourth-order valence-corrected chi connectivity index (χ4v) is 6.26. The second kappa shape index (κ2) is 26.4. The Balaban J connectivity index is 2.10. The topological polar surface area (TPSA) is 19.7 Å². The van der Waals surface area contributed by atoms with Gasteiger partial charge in [0.2, 0.25) is 0 Å². The van der Waals surface area contributed by atoms with Crippen molar-refractivity contribution in [2.24, 2.45) is 0 Å². The first kappa shape index (κ1) is 35.2. The average molecular weight is 532 g/mol. The Labute approximate surface area is 240 Å². The predicted molar refractivity (Wildman–Crippen MR) is 170 cm³/mol. The monoisotopic (exact) mass is 532 g/mol. The molecule has 0 aliphatic carbocycles. The van der Waals surface area contributed by atoms with Gasteiger partial charge >= 0.3 is 0 Å². The maximum atomic E-state index is 3.64. The molecular weight excluding hydrogens is 460 g/mol. The van der Waals surface area contributed by atoms with Gasteiger partial charge in [0.1, 0.15) is 12.4 Å². The molecule has 0 radical (unpaired) electrons. The van der Waals surface area contributed by atoms with Gasteiger partial charge in [0, 0.05) is 0 Å². The van der Waals surface area contributed by atoms with Crippen LogP contribution in [-0.2, 0) is 0 Å². The first-order valence-corrected chi connectivity index (χ1v) is 17.8. The Bertz CT molecular complexity index is 592. The lowest BCUT2D eigenvalue weighted by Gasteiger charge is -2.16. The number of unbranched alkanes of at least 4 members (excludes halogenated alkanes) is 22. The van der Waals surface area contributed by atoms with E-state index >= 15 is 0 Å². The van der Waals surface area contributed by atoms with Crippen LogP contribution in [0.25, 0.3) is 0 Å². The number of hydrogen-bond donors (Lipinski definition) is 1. The van der Waals surface area contributed by atoms with E-state index in [2.05, 4.69) is 49.6 Å². The molecule has 0 aromatic carbocycles. The van der Waals surface area contributed by atoms with Crippen molar-refractivity contribution in [2.75, 3.05) is 0 Å². The van der Waals surface area contributed by atoms with Gasteiger partial charge in [0.05, 0.1) is 12.0 Å². The van der Waals surface area contributed by atoms with Crippen LogP contribution in [0.4, 0.5) is 0 Å². The molecule has 0 bridgehead atoms. The lowest BCUT2D eigenvalue weighted by atomic mass is 9.96. The molecule has 2 atom stereocenters. The molecule has 0 amide bonds. The summed E-state index contributed by atoms with van der Waals surface area (Å²) in [6, 6.07) is 0.621. The summed E-state index contributed by atoms with van der Waals surface area (Å²) in [5, 5.41) is 0. The van der Waals surface area contributed by atoms with Crippen LogP contribution in [0.2, 0.25) is 0 Å². The van der Waals surface area contributed by atoms with Gasteiger partial charge in [-0.1, -0.05) is 168 Å². The number of rotatable bonds is 29. The Morgan fingerprint density at radius 2 is 0.895 bits per heavy atom. The number of aromatic amines is 1. The largest absolute Gasteiger partial charge is 0.257 e. The molecule has 2 nitrogen and oxygen atoms in total. The van der Waals surface area contributed by atoms with E-state index in [-0.39, 0.29) is 0 Å². The van der Waals surface area contributed by atoms with E-state index in [1.54, 1.807) is 0 Å². The SMILES string of the molecule is CCCCCCCCCCCCCCC(CC)c1[nH]cc[n+]1C(C)CCCCCCCCCCCCCC. The summed E-state index contributed by atoms with van der Waals surface area (Å²) in [5.41, 5.74) is 0. The van der Waals surface area contributed by atoms with Crippen molar-refractivity contribution >= 4 is 0 Å². The minimum Gasteiger partial charge on any atom is -0.247 e. The van der Waals surface area contributed by atoms with Crippen LogP contribution >= 0.6 is 0 Å². The minimum atomic E-state index is 0.621. The Hall–Kier alpha value is -0.790. The molecule has 2 heteroatoms. The van der Waals surface area contributed by atoms with Crippen molar-refractivity contribution in [3.63, 3.8) is 0 Å². The van der Waals surface area contributed by atoms with Gasteiger partial charge in [-0.05, 0) is 32.6 Å². The quantitative estimate of drug-likeness (QED) is 0.0783. The van der Waals surface area contributed by atoms with Crippen molar-refractivity contribution < 1.29 is 4.57 Å². The fourth-order valence-electron chi connectivity index (χ4n) is 6.26. The summed E-state index contributed by atoms with van der Waals surface area (Å²) in [4.78, 5) is 3.64.